The van der Waals surface area contributed by atoms with E-state index in [0.717, 1.165) is 13.0 Å². The molecule has 0 spiro atoms. The van der Waals surface area contributed by atoms with Crippen molar-refractivity contribution in [3.05, 3.63) is 58.7 Å². The van der Waals surface area contributed by atoms with Crippen LogP contribution >= 0.6 is 0 Å². The van der Waals surface area contributed by atoms with Crippen molar-refractivity contribution in [2.45, 2.75) is 67.2 Å². The van der Waals surface area contributed by atoms with Crippen LogP contribution in [-0.2, 0) is 0 Å². The number of allylic oxidation sites excluding steroid dienone is 10. The van der Waals surface area contributed by atoms with E-state index in [1.54, 1.807) is 5.57 Å². The van der Waals surface area contributed by atoms with Crippen LogP contribution in [-0.4, -0.2) is 12.8 Å². The first-order valence-corrected chi connectivity index (χ1v) is 9.27. The number of nitrogens with zero attached hydrogens (tertiary/aromatic N) is 1. The molecule has 132 valence electrons. The Hall–Kier alpha value is -1.63. The standard InChI is InChI=1S/C23H35N/c1-7-17-24-18-15-20(3)11-8-10-19(2)13-14-22-21(4)12-9-16-23(22,5)6/h8,10-11,13-15,18H,7,9,12,16-17H2,1-6H3/b11-8+,14-13+,19-10+,20-15+,24-18+. The zero-order valence-electron chi connectivity index (χ0n) is 16.5. The fourth-order valence-electron chi connectivity index (χ4n) is 3.06. The van der Waals surface area contributed by atoms with Gasteiger partial charge in [-0.25, -0.2) is 0 Å². The monoisotopic (exact) mass is 325 g/mol. The van der Waals surface area contributed by atoms with Crippen molar-refractivity contribution >= 4 is 6.21 Å². The van der Waals surface area contributed by atoms with Crippen LogP contribution < -0.4 is 0 Å². The molecule has 1 nitrogen and oxygen atoms in total. The minimum atomic E-state index is 0.312. The fourth-order valence-corrected chi connectivity index (χ4v) is 3.06. The maximum absolute atomic E-state index is 4.31. The lowest BCUT2D eigenvalue weighted by Crippen LogP contribution is -2.19. The topological polar surface area (TPSA) is 12.4 Å². The van der Waals surface area contributed by atoms with Gasteiger partial charge in [-0.2, -0.15) is 0 Å². The SMILES string of the molecule is CCC/N=C/C=C(C)/C=C/C=C(C)/C=C/C1=C(C)CCCC1(C)C. The Morgan fingerprint density at radius 1 is 1.12 bits per heavy atom. The van der Waals surface area contributed by atoms with Crippen molar-refractivity contribution < 1.29 is 0 Å². The summed E-state index contributed by atoms with van der Waals surface area (Å²) in [4.78, 5) is 4.31. The van der Waals surface area contributed by atoms with Gasteiger partial charge in [0.2, 0.25) is 0 Å². The third-order valence-electron chi connectivity index (χ3n) is 4.57. The van der Waals surface area contributed by atoms with Crippen LogP contribution in [0.25, 0.3) is 0 Å². The van der Waals surface area contributed by atoms with Crippen molar-refractivity contribution in [3.8, 4) is 0 Å². The molecule has 24 heavy (non-hydrogen) atoms. The van der Waals surface area contributed by atoms with Gasteiger partial charge in [0.05, 0.1) is 0 Å². The minimum Gasteiger partial charge on any atom is -0.293 e. The van der Waals surface area contributed by atoms with E-state index >= 15 is 0 Å². The summed E-state index contributed by atoms with van der Waals surface area (Å²) in [5.74, 6) is 0. The molecule has 0 fully saturated rings. The van der Waals surface area contributed by atoms with Gasteiger partial charge in [0, 0.05) is 12.8 Å². The van der Waals surface area contributed by atoms with Crippen molar-refractivity contribution in [3.63, 3.8) is 0 Å². The molecule has 0 radical (unpaired) electrons. The Kier molecular flexibility index (Phi) is 8.74. The van der Waals surface area contributed by atoms with Gasteiger partial charge in [-0.3, -0.25) is 4.99 Å². The van der Waals surface area contributed by atoms with Crippen LogP contribution in [0.2, 0.25) is 0 Å². The third kappa shape index (κ3) is 7.29. The first-order valence-electron chi connectivity index (χ1n) is 9.27. The Balaban J connectivity index is 2.68. The molecule has 0 atom stereocenters. The molecule has 0 aromatic heterocycles. The molecule has 0 amide bonds. The summed E-state index contributed by atoms with van der Waals surface area (Å²) in [6.07, 6.45) is 19.9. The van der Waals surface area contributed by atoms with E-state index in [1.165, 1.54) is 36.0 Å². The highest BCUT2D eigenvalue weighted by Crippen LogP contribution is 2.40. The Morgan fingerprint density at radius 2 is 1.83 bits per heavy atom. The minimum absolute atomic E-state index is 0.312. The Morgan fingerprint density at radius 3 is 2.50 bits per heavy atom. The average molecular weight is 326 g/mol. The summed E-state index contributed by atoms with van der Waals surface area (Å²) in [6, 6.07) is 0. The predicted molar refractivity (Wildman–Crippen MR) is 110 cm³/mol. The summed E-state index contributed by atoms with van der Waals surface area (Å²) in [5.41, 5.74) is 5.88. The fraction of sp³-hybridized carbons (Fsp3) is 0.522. The van der Waals surface area contributed by atoms with E-state index in [-0.39, 0.29) is 0 Å². The highest BCUT2D eigenvalue weighted by atomic mass is 14.7. The molecule has 1 rings (SSSR count). The molecule has 0 saturated carbocycles. The van der Waals surface area contributed by atoms with Gasteiger partial charge in [0.25, 0.3) is 0 Å². The highest BCUT2D eigenvalue weighted by Gasteiger charge is 2.26. The molecule has 0 N–H and O–H groups in total. The first-order chi connectivity index (χ1) is 11.4. The number of hydrogen-bond donors (Lipinski definition) is 0. The van der Waals surface area contributed by atoms with E-state index in [0.29, 0.717) is 5.41 Å². The molecule has 1 heteroatoms. The Bertz CT molecular complexity index is 577. The number of aliphatic imine (C=N–C) groups is 1. The molecule has 1 aliphatic carbocycles. The first kappa shape index (κ1) is 20.4. The van der Waals surface area contributed by atoms with Crippen LogP contribution in [0.4, 0.5) is 0 Å². The normalized spacial score (nSPS) is 20.1. The second-order valence-corrected chi connectivity index (χ2v) is 7.50. The van der Waals surface area contributed by atoms with Crippen LogP contribution in [0.15, 0.2) is 63.7 Å². The summed E-state index contributed by atoms with van der Waals surface area (Å²) >= 11 is 0. The van der Waals surface area contributed by atoms with Crippen molar-refractivity contribution in [2.75, 3.05) is 6.54 Å². The van der Waals surface area contributed by atoms with Crippen LogP contribution in [0.3, 0.4) is 0 Å². The van der Waals surface area contributed by atoms with Gasteiger partial charge in [0.15, 0.2) is 0 Å². The highest BCUT2D eigenvalue weighted by molar-refractivity contribution is 5.72. The number of hydrogen-bond acceptors (Lipinski definition) is 1. The lowest BCUT2D eigenvalue weighted by atomic mass is 9.72. The molecule has 0 unspecified atom stereocenters. The second-order valence-electron chi connectivity index (χ2n) is 7.50. The van der Waals surface area contributed by atoms with Crippen LogP contribution in [0, 0.1) is 5.41 Å². The van der Waals surface area contributed by atoms with Gasteiger partial charge < -0.3 is 0 Å². The summed E-state index contributed by atoms with van der Waals surface area (Å²) < 4.78 is 0. The molecule has 1 aliphatic rings. The van der Waals surface area contributed by atoms with Gasteiger partial charge >= 0.3 is 0 Å². The van der Waals surface area contributed by atoms with E-state index in [1.807, 2.05) is 6.21 Å². The van der Waals surface area contributed by atoms with Crippen molar-refractivity contribution in [1.29, 1.82) is 0 Å². The summed E-state index contributed by atoms with van der Waals surface area (Å²) in [6.45, 7) is 14.3. The van der Waals surface area contributed by atoms with E-state index < -0.39 is 0 Å². The molecule has 0 aromatic carbocycles. The third-order valence-corrected chi connectivity index (χ3v) is 4.57. The van der Waals surface area contributed by atoms with Gasteiger partial charge in [-0.15, -0.1) is 0 Å². The molecule has 0 heterocycles. The number of rotatable bonds is 7. The predicted octanol–water partition coefficient (Wildman–Crippen LogP) is 7.00. The maximum Gasteiger partial charge on any atom is 0.0386 e. The van der Waals surface area contributed by atoms with Gasteiger partial charge in [-0.05, 0) is 69.1 Å². The van der Waals surface area contributed by atoms with Gasteiger partial charge in [0.1, 0.15) is 0 Å². The summed E-state index contributed by atoms with van der Waals surface area (Å²) in [7, 11) is 0. The van der Waals surface area contributed by atoms with Gasteiger partial charge in [-0.1, -0.05) is 62.3 Å². The molecule has 0 bridgehead atoms. The Labute approximate surface area is 149 Å². The smallest absolute Gasteiger partial charge is 0.0386 e. The van der Waals surface area contributed by atoms with E-state index in [9.17, 15) is 0 Å². The second kappa shape index (κ2) is 10.3. The van der Waals surface area contributed by atoms with E-state index in [2.05, 4.69) is 83.0 Å². The summed E-state index contributed by atoms with van der Waals surface area (Å²) in [5, 5.41) is 0. The zero-order valence-corrected chi connectivity index (χ0v) is 16.5. The quantitative estimate of drug-likeness (QED) is 0.353. The van der Waals surface area contributed by atoms with Crippen LogP contribution in [0.5, 0.6) is 0 Å². The van der Waals surface area contributed by atoms with Crippen molar-refractivity contribution in [2.24, 2.45) is 10.4 Å². The molecule has 0 aromatic rings. The largest absolute Gasteiger partial charge is 0.293 e. The lowest BCUT2D eigenvalue weighted by Gasteiger charge is -2.32. The maximum atomic E-state index is 4.31. The lowest BCUT2D eigenvalue weighted by molar-refractivity contribution is 0.377. The van der Waals surface area contributed by atoms with Crippen LogP contribution in [0.1, 0.15) is 67.2 Å². The molecule has 0 aliphatic heterocycles. The molecule has 0 saturated heterocycles. The molecular formula is C23H35N. The zero-order chi connectivity index (χ0) is 18.0. The average Bonchev–Trinajstić information content (AvgIpc) is 2.50. The van der Waals surface area contributed by atoms with Crippen molar-refractivity contribution in [1.82, 2.24) is 0 Å². The molecular weight excluding hydrogens is 290 g/mol. The van der Waals surface area contributed by atoms with E-state index in [4.69, 9.17) is 0 Å².